The average molecular weight is 372 g/mol. The quantitative estimate of drug-likeness (QED) is 0.753. The van der Waals surface area contributed by atoms with E-state index in [1.54, 1.807) is 11.8 Å². The van der Waals surface area contributed by atoms with Crippen LogP contribution in [0, 0.1) is 11.3 Å². The second-order valence-electron chi connectivity index (χ2n) is 6.59. The van der Waals surface area contributed by atoms with Crippen molar-refractivity contribution in [1.29, 1.82) is 5.26 Å². The van der Waals surface area contributed by atoms with E-state index in [0.29, 0.717) is 6.04 Å². The summed E-state index contributed by atoms with van der Waals surface area (Å²) in [7, 11) is 0. The molecule has 0 radical (unpaired) electrons. The van der Waals surface area contributed by atoms with Crippen LogP contribution in [0.3, 0.4) is 0 Å². The van der Waals surface area contributed by atoms with E-state index in [0.717, 1.165) is 12.1 Å². The molecule has 2 heterocycles. The van der Waals surface area contributed by atoms with Crippen molar-refractivity contribution in [2.75, 3.05) is 24.5 Å². The van der Waals surface area contributed by atoms with Gasteiger partial charge in [0.2, 0.25) is 0 Å². The number of rotatable bonds is 3. The Kier molecular flexibility index (Phi) is 5.58. The fourth-order valence-corrected chi connectivity index (χ4v) is 4.80. The van der Waals surface area contributed by atoms with Crippen LogP contribution >= 0.6 is 24.2 Å². The smallest absolute Gasteiger partial charge is 0.0992 e. The van der Waals surface area contributed by atoms with Crippen LogP contribution in [0.2, 0.25) is 0 Å². The van der Waals surface area contributed by atoms with Crippen LogP contribution in [0.15, 0.2) is 52.3 Å². The molecule has 0 unspecified atom stereocenters. The number of nitriles is 1. The Bertz CT molecular complexity index is 796. The number of nitrogens with zero attached hydrogens (tertiary/aromatic N) is 3. The Morgan fingerprint density at radius 1 is 1.08 bits per heavy atom. The van der Waals surface area contributed by atoms with Crippen LogP contribution in [0.5, 0.6) is 0 Å². The van der Waals surface area contributed by atoms with E-state index < -0.39 is 0 Å². The minimum absolute atomic E-state index is 0. The van der Waals surface area contributed by atoms with Crippen LogP contribution in [0.1, 0.15) is 25.3 Å². The van der Waals surface area contributed by atoms with Crippen molar-refractivity contribution in [2.45, 2.75) is 35.6 Å². The summed E-state index contributed by atoms with van der Waals surface area (Å²) in [6.45, 7) is 5.78. The van der Waals surface area contributed by atoms with Gasteiger partial charge in [0.15, 0.2) is 0 Å². The van der Waals surface area contributed by atoms with E-state index in [4.69, 9.17) is 0 Å². The average Bonchev–Trinajstić information content (AvgIpc) is 3.12. The third-order valence-corrected chi connectivity index (χ3v) is 5.98. The lowest BCUT2D eigenvalue weighted by Gasteiger charge is -2.38. The zero-order valence-corrected chi connectivity index (χ0v) is 15.9. The summed E-state index contributed by atoms with van der Waals surface area (Å²) >= 11 is 1.80. The summed E-state index contributed by atoms with van der Waals surface area (Å²) in [6.07, 6.45) is 2.63. The number of halogens is 1. The zero-order chi connectivity index (χ0) is 16.5. The van der Waals surface area contributed by atoms with Crippen molar-refractivity contribution in [3.05, 3.63) is 48.0 Å². The Morgan fingerprint density at radius 2 is 1.80 bits per heavy atom. The van der Waals surface area contributed by atoms with E-state index in [9.17, 15) is 5.26 Å². The number of likely N-dealkylation sites (tertiary alicyclic amines) is 1. The predicted octanol–water partition coefficient (Wildman–Crippen LogP) is 5.07. The van der Waals surface area contributed by atoms with Gasteiger partial charge in [0.05, 0.1) is 23.0 Å². The monoisotopic (exact) mass is 371 g/mol. The highest BCUT2D eigenvalue weighted by molar-refractivity contribution is 7.99. The van der Waals surface area contributed by atoms with Crippen LogP contribution in [0.25, 0.3) is 0 Å². The number of anilines is 2. The summed E-state index contributed by atoms with van der Waals surface area (Å²) in [4.78, 5) is 7.52. The molecule has 0 N–H and O–H groups in total. The second kappa shape index (κ2) is 7.70. The first-order valence-corrected chi connectivity index (χ1v) is 9.40. The van der Waals surface area contributed by atoms with Crippen molar-refractivity contribution < 1.29 is 0 Å². The van der Waals surface area contributed by atoms with Gasteiger partial charge in [-0.25, -0.2) is 0 Å². The molecule has 2 aromatic carbocycles. The molecule has 4 rings (SSSR count). The number of fused-ring (bicyclic) bond motifs is 2. The van der Waals surface area contributed by atoms with Crippen LogP contribution in [-0.2, 0) is 0 Å². The third kappa shape index (κ3) is 3.50. The summed E-state index contributed by atoms with van der Waals surface area (Å²) in [6, 6.07) is 17.3. The van der Waals surface area contributed by atoms with Gasteiger partial charge in [-0.05, 0) is 63.2 Å². The van der Waals surface area contributed by atoms with Crippen molar-refractivity contribution in [2.24, 2.45) is 0 Å². The normalized spacial score (nSPS) is 17.2. The first-order chi connectivity index (χ1) is 11.8. The molecule has 0 aromatic heterocycles. The molecule has 3 nitrogen and oxygen atoms in total. The fraction of sp³-hybridized carbons (Fsp3) is 0.350. The largest absolute Gasteiger partial charge is 0.335 e. The van der Waals surface area contributed by atoms with E-state index in [-0.39, 0.29) is 12.4 Å². The van der Waals surface area contributed by atoms with E-state index in [1.807, 2.05) is 12.1 Å². The summed E-state index contributed by atoms with van der Waals surface area (Å²) in [5, 5.41) is 9.31. The highest BCUT2D eigenvalue weighted by atomic mass is 35.5. The predicted molar refractivity (Wildman–Crippen MR) is 106 cm³/mol. The highest BCUT2D eigenvalue weighted by Crippen LogP contribution is 2.49. The Balaban J connectivity index is 0.00000182. The fourth-order valence-electron chi connectivity index (χ4n) is 3.75. The van der Waals surface area contributed by atoms with Gasteiger partial charge in [0, 0.05) is 22.4 Å². The van der Waals surface area contributed by atoms with Gasteiger partial charge in [-0.15, -0.1) is 12.4 Å². The van der Waals surface area contributed by atoms with Crippen LogP contribution in [-0.4, -0.2) is 30.6 Å². The Hall–Kier alpha value is -1.67. The molecule has 25 heavy (non-hydrogen) atoms. The first-order valence-electron chi connectivity index (χ1n) is 8.59. The zero-order valence-electron chi connectivity index (χ0n) is 14.3. The molecule has 130 valence electrons. The molecule has 0 aliphatic carbocycles. The number of benzene rings is 2. The number of hydrogen-bond acceptors (Lipinski definition) is 4. The van der Waals surface area contributed by atoms with Crippen molar-refractivity contribution in [3.8, 4) is 6.07 Å². The standard InChI is InChI=1S/C20H21N3S.ClH/c1-15(14-22-10-4-5-11-22)23-17-6-2-3-7-19(17)24-20-9-8-16(13-21)12-18(20)23;/h2-3,6-9,12,15H,4-5,10-11,14H2,1H3;1H/t15-;/m1./s1. The van der Waals surface area contributed by atoms with Crippen molar-refractivity contribution in [3.63, 3.8) is 0 Å². The van der Waals surface area contributed by atoms with Gasteiger partial charge in [-0.2, -0.15) is 5.26 Å². The molecule has 2 aliphatic rings. The van der Waals surface area contributed by atoms with Gasteiger partial charge in [-0.3, -0.25) is 0 Å². The summed E-state index contributed by atoms with van der Waals surface area (Å²) in [5.41, 5.74) is 3.16. The third-order valence-electron chi connectivity index (χ3n) is 4.85. The minimum atomic E-state index is 0. The van der Waals surface area contributed by atoms with Gasteiger partial charge in [0.25, 0.3) is 0 Å². The molecule has 2 aromatic rings. The maximum absolute atomic E-state index is 9.31. The molecule has 0 saturated carbocycles. The maximum Gasteiger partial charge on any atom is 0.0992 e. The van der Waals surface area contributed by atoms with Crippen LogP contribution in [0.4, 0.5) is 11.4 Å². The minimum Gasteiger partial charge on any atom is -0.335 e. The molecular weight excluding hydrogens is 350 g/mol. The van der Waals surface area contributed by atoms with Crippen molar-refractivity contribution in [1.82, 2.24) is 4.90 Å². The van der Waals surface area contributed by atoms with E-state index >= 15 is 0 Å². The van der Waals surface area contributed by atoms with E-state index in [1.165, 1.54) is 47.1 Å². The molecule has 0 spiro atoms. The lowest BCUT2D eigenvalue weighted by atomic mass is 10.1. The van der Waals surface area contributed by atoms with Gasteiger partial charge < -0.3 is 9.80 Å². The number of para-hydroxylation sites is 1. The summed E-state index contributed by atoms with van der Waals surface area (Å²) in [5.74, 6) is 0. The molecule has 0 amide bonds. The number of hydrogen-bond donors (Lipinski definition) is 0. The van der Waals surface area contributed by atoms with E-state index in [2.05, 4.69) is 53.1 Å². The highest BCUT2D eigenvalue weighted by Gasteiger charge is 2.28. The molecule has 1 fully saturated rings. The molecule has 1 atom stereocenters. The first kappa shape index (κ1) is 18.1. The van der Waals surface area contributed by atoms with Gasteiger partial charge >= 0.3 is 0 Å². The maximum atomic E-state index is 9.31. The summed E-state index contributed by atoms with van der Waals surface area (Å²) < 4.78 is 0. The van der Waals surface area contributed by atoms with Gasteiger partial charge in [0.1, 0.15) is 0 Å². The molecule has 0 bridgehead atoms. The van der Waals surface area contributed by atoms with Crippen LogP contribution < -0.4 is 4.90 Å². The molecule has 1 saturated heterocycles. The molecule has 2 aliphatic heterocycles. The topological polar surface area (TPSA) is 30.3 Å². The van der Waals surface area contributed by atoms with Crippen molar-refractivity contribution >= 4 is 35.5 Å². The molecule has 5 heteroatoms. The Labute approximate surface area is 160 Å². The van der Waals surface area contributed by atoms with Gasteiger partial charge in [-0.1, -0.05) is 23.9 Å². The Morgan fingerprint density at radius 3 is 2.56 bits per heavy atom. The lowest BCUT2D eigenvalue weighted by Crippen LogP contribution is -2.40. The second-order valence-corrected chi connectivity index (χ2v) is 7.67. The SMILES string of the molecule is C[C@H](CN1CCCC1)N1c2ccccc2Sc2ccc(C#N)cc21.Cl. The lowest BCUT2D eigenvalue weighted by molar-refractivity contribution is 0.319. The molecular formula is C20H22ClN3S.